The van der Waals surface area contributed by atoms with Gasteiger partial charge in [-0.25, -0.2) is 4.39 Å². The van der Waals surface area contributed by atoms with Crippen molar-refractivity contribution in [3.63, 3.8) is 0 Å². The number of halogens is 1. The van der Waals surface area contributed by atoms with Crippen molar-refractivity contribution in [2.45, 2.75) is 62.2 Å². The highest BCUT2D eigenvalue weighted by Crippen LogP contribution is 2.39. The lowest BCUT2D eigenvalue weighted by Gasteiger charge is -2.22. The molecule has 1 aliphatic carbocycles. The zero-order valence-electron chi connectivity index (χ0n) is 11.6. The minimum atomic E-state index is -0.376. The second-order valence-electron chi connectivity index (χ2n) is 5.36. The number of anilines is 1. The molecule has 0 saturated heterocycles. The quantitative estimate of drug-likeness (QED) is 0.819. The number of hydrogen-bond donors (Lipinski definition) is 1. The lowest BCUT2D eigenvalue weighted by Crippen LogP contribution is -2.10. The third kappa shape index (κ3) is 4.03. The molecule has 106 valence electrons. The summed E-state index contributed by atoms with van der Waals surface area (Å²) in [5.41, 5.74) is 6.44. The van der Waals surface area contributed by atoms with Gasteiger partial charge >= 0.3 is 0 Å². The molecule has 0 heterocycles. The maximum absolute atomic E-state index is 13.8. The summed E-state index contributed by atoms with van der Waals surface area (Å²) in [6, 6.07) is 3.13. The summed E-state index contributed by atoms with van der Waals surface area (Å²) in [7, 11) is 0. The van der Waals surface area contributed by atoms with Crippen LogP contribution in [0.3, 0.4) is 0 Å². The summed E-state index contributed by atoms with van der Waals surface area (Å²) in [6.45, 7) is 3.79. The van der Waals surface area contributed by atoms with Gasteiger partial charge in [-0.05, 0) is 32.8 Å². The zero-order chi connectivity index (χ0) is 13.8. The molecule has 2 N–H and O–H groups in total. The fourth-order valence-corrected chi connectivity index (χ4v) is 3.66. The molecule has 2 rings (SSSR count). The summed E-state index contributed by atoms with van der Waals surface area (Å²) in [4.78, 5) is 0.948. The Kier molecular flexibility index (Phi) is 4.97. The van der Waals surface area contributed by atoms with Crippen LogP contribution in [0.5, 0.6) is 5.75 Å². The number of hydrogen-bond acceptors (Lipinski definition) is 3. The van der Waals surface area contributed by atoms with Gasteiger partial charge < -0.3 is 10.5 Å². The average Bonchev–Trinajstić information content (AvgIpc) is 2.36. The van der Waals surface area contributed by atoms with E-state index in [1.807, 2.05) is 13.8 Å². The molecular weight excluding hydrogens is 261 g/mol. The minimum Gasteiger partial charge on any atom is -0.488 e. The van der Waals surface area contributed by atoms with Gasteiger partial charge in [0.2, 0.25) is 0 Å². The molecule has 1 saturated carbocycles. The molecule has 0 aliphatic heterocycles. The van der Waals surface area contributed by atoms with Crippen molar-refractivity contribution >= 4 is 17.4 Å². The minimum absolute atomic E-state index is 0.0364. The number of thioether (sulfide) groups is 1. The molecule has 1 aromatic rings. The van der Waals surface area contributed by atoms with Crippen molar-refractivity contribution in [1.29, 1.82) is 0 Å². The Morgan fingerprint density at radius 1 is 1.26 bits per heavy atom. The van der Waals surface area contributed by atoms with Crippen molar-refractivity contribution in [1.82, 2.24) is 0 Å². The molecule has 0 radical (unpaired) electrons. The maximum atomic E-state index is 13.8. The molecule has 1 aromatic carbocycles. The first-order valence-electron chi connectivity index (χ1n) is 6.98. The third-order valence-electron chi connectivity index (χ3n) is 3.27. The molecular formula is C15H22FNOS. The molecule has 2 nitrogen and oxygen atoms in total. The van der Waals surface area contributed by atoms with Crippen LogP contribution in [0, 0.1) is 5.82 Å². The van der Waals surface area contributed by atoms with Crippen LogP contribution in [0.1, 0.15) is 46.0 Å². The molecule has 0 spiro atoms. The molecule has 0 atom stereocenters. The van der Waals surface area contributed by atoms with Crippen molar-refractivity contribution in [2.24, 2.45) is 0 Å². The summed E-state index contributed by atoms with van der Waals surface area (Å²) in [6.07, 6.45) is 6.31. The Bertz CT molecular complexity index is 430. The van der Waals surface area contributed by atoms with Gasteiger partial charge in [0.05, 0.1) is 6.10 Å². The van der Waals surface area contributed by atoms with E-state index in [2.05, 4.69) is 0 Å². The predicted molar refractivity (Wildman–Crippen MR) is 79.3 cm³/mol. The monoisotopic (exact) mass is 283 g/mol. The third-order valence-corrected chi connectivity index (χ3v) is 4.69. The van der Waals surface area contributed by atoms with Gasteiger partial charge in [-0.3, -0.25) is 0 Å². The largest absolute Gasteiger partial charge is 0.488 e. The van der Waals surface area contributed by atoms with Gasteiger partial charge in [-0.2, -0.15) is 0 Å². The van der Waals surface area contributed by atoms with Gasteiger partial charge in [0, 0.05) is 21.9 Å². The number of rotatable bonds is 4. The van der Waals surface area contributed by atoms with Crippen LogP contribution >= 0.6 is 11.8 Å². The van der Waals surface area contributed by atoms with E-state index >= 15 is 0 Å². The van der Waals surface area contributed by atoms with Crippen LogP contribution in [0.4, 0.5) is 10.1 Å². The Morgan fingerprint density at radius 2 is 1.95 bits per heavy atom. The Morgan fingerprint density at radius 3 is 2.58 bits per heavy atom. The second-order valence-corrected chi connectivity index (χ2v) is 6.71. The Balaban J connectivity index is 2.14. The van der Waals surface area contributed by atoms with E-state index in [-0.39, 0.29) is 11.9 Å². The highest BCUT2D eigenvalue weighted by Gasteiger charge is 2.18. The first-order chi connectivity index (χ1) is 9.06. The fourth-order valence-electron chi connectivity index (χ4n) is 2.36. The van der Waals surface area contributed by atoms with E-state index in [1.54, 1.807) is 17.8 Å². The topological polar surface area (TPSA) is 35.2 Å². The Hall–Kier alpha value is -0.900. The molecule has 1 aliphatic rings. The standard InChI is InChI=1S/C15H22FNOS/c1-10(2)18-14-9-15(13(17)8-12(14)16)19-11-6-4-3-5-7-11/h8-11H,3-7,17H2,1-2H3. The lowest BCUT2D eigenvalue weighted by molar-refractivity contribution is 0.230. The van der Waals surface area contributed by atoms with Crippen LogP contribution in [0.25, 0.3) is 0 Å². The van der Waals surface area contributed by atoms with Crippen molar-refractivity contribution in [3.05, 3.63) is 17.9 Å². The first-order valence-corrected chi connectivity index (χ1v) is 7.86. The summed E-state index contributed by atoms with van der Waals surface area (Å²) < 4.78 is 19.2. The highest BCUT2D eigenvalue weighted by atomic mass is 32.2. The molecule has 0 amide bonds. The van der Waals surface area contributed by atoms with Crippen molar-refractivity contribution in [2.75, 3.05) is 5.73 Å². The van der Waals surface area contributed by atoms with Gasteiger partial charge in [-0.1, -0.05) is 19.3 Å². The second kappa shape index (κ2) is 6.51. The van der Waals surface area contributed by atoms with E-state index in [0.717, 1.165) is 4.90 Å². The SMILES string of the molecule is CC(C)Oc1cc(SC2CCCCC2)c(N)cc1F. The molecule has 1 fully saturated rings. The zero-order valence-corrected chi connectivity index (χ0v) is 12.4. The molecule has 4 heteroatoms. The summed E-state index contributed by atoms with van der Waals surface area (Å²) >= 11 is 1.77. The molecule has 0 aromatic heterocycles. The van der Waals surface area contributed by atoms with Gasteiger partial charge in [-0.15, -0.1) is 11.8 Å². The van der Waals surface area contributed by atoms with Gasteiger partial charge in [0.25, 0.3) is 0 Å². The fraction of sp³-hybridized carbons (Fsp3) is 0.600. The normalized spacial score (nSPS) is 16.8. The van der Waals surface area contributed by atoms with Crippen molar-refractivity contribution in [3.8, 4) is 5.75 Å². The average molecular weight is 283 g/mol. The molecule has 0 unspecified atom stereocenters. The highest BCUT2D eigenvalue weighted by molar-refractivity contribution is 8.00. The van der Waals surface area contributed by atoms with Crippen LogP contribution in [-0.4, -0.2) is 11.4 Å². The smallest absolute Gasteiger partial charge is 0.167 e. The van der Waals surface area contributed by atoms with Crippen LogP contribution in [0.2, 0.25) is 0 Å². The first kappa shape index (κ1) is 14.5. The van der Waals surface area contributed by atoms with Gasteiger partial charge in [0.15, 0.2) is 11.6 Å². The number of nitrogens with two attached hydrogens (primary N) is 1. The van der Waals surface area contributed by atoms with E-state index in [4.69, 9.17) is 10.5 Å². The van der Waals surface area contributed by atoms with E-state index in [1.165, 1.54) is 38.2 Å². The summed E-state index contributed by atoms with van der Waals surface area (Å²) in [5.74, 6) is -0.0679. The van der Waals surface area contributed by atoms with Crippen molar-refractivity contribution < 1.29 is 9.13 Å². The lowest BCUT2D eigenvalue weighted by atomic mass is 10.0. The maximum Gasteiger partial charge on any atom is 0.167 e. The Labute approximate surface area is 118 Å². The van der Waals surface area contributed by atoms with Crippen LogP contribution in [0.15, 0.2) is 17.0 Å². The van der Waals surface area contributed by atoms with Gasteiger partial charge in [0.1, 0.15) is 0 Å². The van der Waals surface area contributed by atoms with E-state index in [9.17, 15) is 4.39 Å². The molecule has 19 heavy (non-hydrogen) atoms. The predicted octanol–water partition coefficient (Wildman–Crippen LogP) is 4.62. The number of ether oxygens (including phenoxy) is 1. The number of benzene rings is 1. The van der Waals surface area contributed by atoms with Crippen LogP contribution < -0.4 is 10.5 Å². The van der Waals surface area contributed by atoms with E-state index < -0.39 is 0 Å². The summed E-state index contributed by atoms with van der Waals surface area (Å²) in [5, 5.41) is 0.605. The number of nitrogen functional groups attached to an aromatic ring is 1. The van der Waals surface area contributed by atoms with Crippen LogP contribution in [-0.2, 0) is 0 Å². The van der Waals surface area contributed by atoms with E-state index in [0.29, 0.717) is 16.7 Å². The molecule has 0 bridgehead atoms.